The number of ether oxygens (including phenoxy) is 3. The van der Waals surface area contributed by atoms with Crippen molar-refractivity contribution in [3.05, 3.63) is 23.8 Å². The maximum absolute atomic E-state index is 9.89. The van der Waals surface area contributed by atoms with Crippen molar-refractivity contribution >= 4 is 0 Å². The van der Waals surface area contributed by atoms with Gasteiger partial charge in [0.05, 0.1) is 13.7 Å². The highest BCUT2D eigenvalue weighted by Crippen LogP contribution is 2.28. The molecule has 0 aromatic heterocycles. The average molecular weight is 300 g/mol. The molecule has 5 unspecified atom stereocenters. The van der Waals surface area contributed by atoms with Crippen LogP contribution in [-0.4, -0.2) is 64.8 Å². The van der Waals surface area contributed by atoms with Crippen LogP contribution in [0.1, 0.15) is 5.56 Å². The highest BCUT2D eigenvalue weighted by molar-refractivity contribution is 5.39. The summed E-state index contributed by atoms with van der Waals surface area (Å²) in [7, 11) is 1.53. The van der Waals surface area contributed by atoms with Crippen LogP contribution in [0.15, 0.2) is 18.2 Å². The minimum absolute atomic E-state index is 0.377. The third-order valence-corrected chi connectivity index (χ3v) is 3.48. The van der Waals surface area contributed by atoms with Crippen LogP contribution in [0.25, 0.3) is 0 Å². The minimum atomic E-state index is -1.46. The first kappa shape index (κ1) is 16.0. The third-order valence-electron chi connectivity index (χ3n) is 3.48. The fourth-order valence-corrected chi connectivity index (χ4v) is 2.17. The maximum atomic E-state index is 9.89. The first-order valence-electron chi connectivity index (χ1n) is 6.59. The van der Waals surface area contributed by atoms with Gasteiger partial charge in [-0.2, -0.15) is 0 Å². The van der Waals surface area contributed by atoms with Crippen molar-refractivity contribution in [2.45, 2.75) is 37.6 Å². The number of hydrogen-bond donors (Lipinski definition) is 4. The van der Waals surface area contributed by atoms with Crippen LogP contribution < -0.4 is 9.47 Å². The van der Waals surface area contributed by atoms with Gasteiger partial charge in [-0.05, 0) is 18.6 Å². The van der Waals surface area contributed by atoms with E-state index in [2.05, 4.69) is 0 Å². The average Bonchev–Trinajstić information content (AvgIpc) is 2.49. The molecule has 1 aliphatic heterocycles. The van der Waals surface area contributed by atoms with Gasteiger partial charge in [0.25, 0.3) is 0 Å². The van der Waals surface area contributed by atoms with Gasteiger partial charge >= 0.3 is 0 Å². The minimum Gasteiger partial charge on any atom is -0.496 e. The summed E-state index contributed by atoms with van der Waals surface area (Å²) in [6, 6.07) is 5.06. The lowest BCUT2D eigenvalue weighted by Gasteiger charge is -2.39. The summed E-state index contributed by atoms with van der Waals surface area (Å²) in [6.45, 7) is 1.37. The molecule has 0 aliphatic carbocycles. The Balaban J connectivity index is 2.14. The zero-order chi connectivity index (χ0) is 15.6. The number of methoxy groups -OCH3 is 1. The first-order chi connectivity index (χ1) is 9.97. The summed E-state index contributed by atoms with van der Waals surface area (Å²) in [4.78, 5) is 0. The van der Waals surface area contributed by atoms with Gasteiger partial charge in [-0.25, -0.2) is 0 Å². The molecule has 0 amide bonds. The van der Waals surface area contributed by atoms with E-state index < -0.39 is 37.3 Å². The molecule has 1 aromatic rings. The van der Waals surface area contributed by atoms with Crippen molar-refractivity contribution in [2.24, 2.45) is 0 Å². The van der Waals surface area contributed by atoms with E-state index in [4.69, 9.17) is 19.3 Å². The molecule has 118 valence electrons. The van der Waals surface area contributed by atoms with Crippen molar-refractivity contribution in [1.82, 2.24) is 0 Å². The number of hydrogen-bond acceptors (Lipinski definition) is 7. The molecule has 21 heavy (non-hydrogen) atoms. The number of rotatable bonds is 4. The predicted octanol–water partition coefficient (Wildman–Crippen LogP) is -0.818. The molecule has 7 nitrogen and oxygen atoms in total. The second-order valence-corrected chi connectivity index (χ2v) is 4.95. The molecule has 2 rings (SSSR count). The van der Waals surface area contributed by atoms with Gasteiger partial charge in [-0.15, -0.1) is 0 Å². The topological polar surface area (TPSA) is 109 Å². The first-order valence-corrected chi connectivity index (χ1v) is 6.59. The van der Waals surface area contributed by atoms with Crippen molar-refractivity contribution in [3.63, 3.8) is 0 Å². The predicted molar refractivity (Wildman–Crippen MR) is 72.1 cm³/mol. The van der Waals surface area contributed by atoms with Gasteiger partial charge in [0.15, 0.2) is 0 Å². The second kappa shape index (κ2) is 6.59. The SMILES string of the molecule is COc1cc(OC2OC(CO)C(O)C(O)C2O)ccc1C. The number of aryl methyl sites for hydroxylation is 1. The normalized spacial score (nSPS) is 32.8. The van der Waals surface area contributed by atoms with E-state index in [1.165, 1.54) is 7.11 Å². The molecule has 1 aliphatic rings. The molecule has 0 bridgehead atoms. The summed E-state index contributed by atoms with van der Waals surface area (Å²) in [5.74, 6) is 0.985. The monoisotopic (exact) mass is 300 g/mol. The molecular weight excluding hydrogens is 280 g/mol. The lowest BCUT2D eigenvalue weighted by atomic mass is 9.99. The molecule has 4 N–H and O–H groups in total. The van der Waals surface area contributed by atoms with Crippen molar-refractivity contribution in [3.8, 4) is 11.5 Å². The number of aliphatic hydroxyl groups is 4. The summed E-state index contributed by atoms with van der Waals surface area (Å²) in [5.41, 5.74) is 0.915. The standard InChI is InChI=1S/C14H20O7/c1-7-3-4-8(5-9(7)19-2)20-14-13(18)12(17)11(16)10(6-15)21-14/h3-5,10-18H,6H2,1-2H3. The Morgan fingerprint density at radius 1 is 1.14 bits per heavy atom. The molecule has 0 radical (unpaired) electrons. The molecule has 0 spiro atoms. The fourth-order valence-electron chi connectivity index (χ4n) is 2.17. The summed E-state index contributed by atoms with van der Waals surface area (Å²) in [5, 5.41) is 38.4. The molecule has 1 saturated heterocycles. The zero-order valence-electron chi connectivity index (χ0n) is 11.8. The van der Waals surface area contributed by atoms with Crippen LogP contribution in [0, 0.1) is 6.92 Å². The molecule has 0 saturated carbocycles. The highest BCUT2D eigenvalue weighted by Gasteiger charge is 2.44. The van der Waals surface area contributed by atoms with Crippen LogP contribution >= 0.6 is 0 Å². The molecule has 1 heterocycles. The van der Waals surface area contributed by atoms with Crippen LogP contribution in [-0.2, 0) is 4.74 Å². The van der Waals surface area contributed by atoms with Crippen LogP contribution in [0.5, 0.6) is 11.5 Å². The van der Waals surface area contributed by atoms with Gasteiger partial charge in [0.2, 0.25) is 6.29 Å². The molecule has 5 atom stereocenters. The van der Waals surface area contributed by atoms with Gasteiger partial charge in [-0.3, -0.25) is 0 Å². The quantitative estimate of drug-likeness (QED) is 0.575. The van der Waals surface area contributed by atoms with E-state index in [-0.39, 0.29) is 0 Å². The van der Waals surface area contributed by atoms with Crippen LogP contribution in [0.4, 0.5) is 0 Å². The second-order valence-electron chi connectivity index (χ2n) is 4.95. The Morgan fingerprint density at radius 3 is 2.48 bits per heavy atom. The summed E-state index contributed by atoms with van der Waals surface area (Å²) >= 11 is 0. The lowest BCUT2D eigenvalue weighted by Crippen LogP contribution is -2.60. The molecule has 1 fully saturated rings. The molecule has 7 heteroatoms. The smallest absolute Gasteiger partial charge is 0.229 e. The van der Waals surface area contributed by atoms with Gasteiger partial charge in [-0.1, -0.05) is 6.07 Å². The fraction of sp³-hybridized carbons (Fsp3) is 0.571. The van der Waals surface area contributed by atoms with E-state index in [0.29, 0.717) is 11.5 Å². The summed E-state index contributed by atoms with van der Waals surface area (Å²) in [6.07, 6.45) is -6.51. The van der Waals surface area contributed by atoms with Gasteiger partial charge in [0, 0.05) is 6.07 Å². The van der Waals surface area contributed by atoms with Crippen molar-refractivity contribution in [2.75, 3.05) is 13.7 Å². The van der Waals surface area contributed by atoms with E-state index in [9.17, 15) is 15.3 Å². The van der Waals surface area contributed by atoms with Gasteiger partial charge < -0.3 is 34.6 Å². The Kier molecular flexibility index (Phi) is 5.02. The Morgan fingerprint density at radius 2 is 1.86 bits per heavy atom. The van der Waals surface area contributed by atoms with Crippen LogP contribution in [0.3, 0.4) is 0 Å². The largest absolute Gasteiger partial charge is 0.496 e. The maximum Gasteiger partial charge on any atom is 0.229 e. The van der Waals surface area contributed by atoms with Crippen molar-refractivity contribution < 1.29 is 34.6 Å². The van der Waals surface area contributed by atoms with Crippen molar-refractivity contribution in [1.29, 1.82) is 0 Å². The molecular formula is C14H20O7. The lowest BCUT2D eigenvalue weighted by molar-refractivity contribution is -0.277. The zero-order valence-corrected chi connectivity index (χ0v) is 11.8. The van der Waals surface area contributed by atoms with Crippen LogP contribution in [0.2, 0.25) is 0 Å². The third kappa shape index (κ3) is 3.28. The molecule has 1 aromatic carbocycles. The number of aliphatic hydroxyl groups excluding tert-OH is 4. The Labute approximate surface area is 122 Å². The Bertz CT molecular complexity index is 476. The van der Waals surface area contributed by atoms with E-state index >= 15 is 0 Å². The number of benzene rings is 1. The van der Waals surface area contributed by atoms with E-state index in [1.807, 2.05) is 6.92 Å². The Hall–Kier alpha value is -1.38. The van der Waals surface area contributed by atoms with Gasteiger partial charge in [0.1, 0.15) is 35.9 Å². The van der Waals surface area contributed by atoms with E-state index in [1.54, 1.807) is 18.2 Å². The highest BCUT2D eigenvalue weighted by atomic mass is 16.7. The van der Waals surface area contributed by atoms with E-state index in [0.717, 1.165) is 5.56 Å². The summed E-state index contributed by atoms with van der Waals surface area (Å²) < 4.78 is 15.9.